The monoisotopic (exact) mass is 210 g/mol. The smallest absolute Gasteiger partial charge is 0.404 e. The Kier molecular flexibility index (Phi) is 2.90. The molecule has 3 nitrogen and oxygen atoms in total. The van der Waals surface area contributed by atoms with Gasteiger partial charge in [0, 0.05) is 18.2 Å². The first-order valence-electron chi connectivity index (χ1n) is 3.52. The number of pyridine rings is 1. The van der Waals surface area contributed by atoms with Crippen LogP contribution in [0.4, 0.5) is 17.6 Å². The summed E-state index contributed by atoms with van der Waals surface area (Å²) in [6, 6.07) is 0.793. The Morgan fingerprint density at radius 2 is 2.07 bits per heavy atom. The van der Waals surface area contributed by atoms with Gasteiger partial charge in [-0.1, -0.05) is 0 Å². The minimum absolute atomic E-state index is 0.0881. The molecule has 14 heavy (non-hydrogen) atoms. The number of alkyl halides is 3. The van der Waals surface area contributed by atoms with Crippen molar-refractivity contribution in [3.8, 4) is 5.75 Å². The lowest BCUT2D eigenvalue weighted by Crippen LogP contribution is -2.19. The van der Waals surface area contributed by atoms with Crippen molar-refractivity contribution in [1.29, 1.82) is 0 Å². The molecule has 0 saturated carbocycles. The Labute approximate surface area is 76.5 Å². The predicted octanol–water partition coefficient (Wildman–Crippen LogP) is 1.58. The number of halogens is 4. The van der Waals surface area contributed by atoms with E-state index in [1.807, 2.05) is 0 Å². The molecule has 1 aromatic rings. The standard InChI is InChI=1S/C7H6F4N2O/c8-6-1-4(2-12)5(3-13-6)14-7(9,10)11/h1,3H,2,12H2. The van der Waals surface area contributed by atoms with Crippen molar-refractivity contribution >= 4 is 0 Å². The van der Waals surface area contributed by atoms with Gasteiger partial charge in [-0.05, 0) is 0 Å². The first-order valence-corrected chi connectivity index (χ1v) is 3.52. The predicted molar refractivity (Wildman–Crippen MR) is 38.8 cm³/mol. The first kappa shape index (κ1) is 10.7. The van der Waals surface area contributed by atoms with E-state index in [0.29, 0.717) is 6.20 Å². The van der Waals surface area contributed by atoms with E-state index in [9.17, 15) is 17.6 Å². The minimum atomic E-state index is -4.83. The Balaban J connectivity index is 2.97. The Morgan fingerprint density at radius 1 is 1.43 bits per heavy atom. The van der Waals surface area contributed by atoms with Gasteiger partial charge in [0.25, 0.3) is 0 Å². The van der Waals surface area contributed by atoms with E-state index < -0.39 is 18.1 Å². The molecule has 0 amide bonds. The molecule has 0 aliphatic carbocycles. The fourth-order valence-corrected chi connectivity index (χ4v) is 0.831. The number of hydrogen-bond donors (Lipinski definition) is 1. The molecule has 1 rings (SSSR count). The van der Waals surface area contributed by atoms with E-state index in [1.54, 1.807) is 0 Å². The lowest BCUT2D eigenvalue weighted by molar-refractivity contribution is -0.275. The molecule has 7 heteroatoms. The Hall–Kier alpha value is -1.37. The van der Waals surface area contributed by atoms with Gasteiger partial charge in [-0.3, -0.25) is 0 Å². The van der Waals surface area contributed by atoms with Crippen LogP contribution in [0.2, 0.25) is 0 Å². The zero-order valence-corrected chi connectivity index (χ0v) is 6.81. The molecule has 78 valence electrons. The summed E-state index contributed by atoms with van der Waals surface area (Å²) in [6.45, 7) is -0.259. The molecular formula is C7H6F4N2O. The second kappa shape index (κ2) is 3.79. The van der Waals surface area contributed by atoms with Crippen LogP contribution in [0.3, 0.4) is 0 Å². The van der Waals surface area contributed by atoms with E-state index in [1.165, 1.54) is 0 Å². The quantitative estimate of drug-likeness (QED) is 0.595. The van der Waals surface area contributed by atoms with Gasteiger partial charge in [-0.25, -0.2) is 4.98 Å². The number of aromatic nitrogens is 1. The van der Waals surface area contributed by atoms with Crippen LogP contribution in [-0.4, -0.2) is 11.3 Å². The van der Waals surface area contributed by atoms with Gasteiger partial charge in [0.1, 0.15) is 0 Å². The minimum Gasteiger partial charge on any atom is -0.404 e. The molecule has 0 bridgehead atoms. The molecule has 0 fully saturated rings. The zero-order valence-electron chi connectivity index (χ0n) is 6.81. The topological polar surface area (TPSA) is 48.1 Å². The molecule has 2 N–H and O–H groups in total. The fraction of sp³-hybridized carbons (Fsp3) is 0.286. The fourth-order valence-electron chi connectivity index (χ4n) is 0.831. The van der Waals surface area contributed by atoms with Gasteiger partial charge in [0.05, 0.1) is 6.20 Å². The average molecular weight is 210 g/mol. The molecule has 1 heterocycles. The summed E-state index contributed by atoms with van der Waals surface area (Å²) in [4.78, 5) is 3.02. The highest BCUT2D eigenvalue weighted by Crippen LogP contribution is 2.25. The van der Waals surface area contributed by atoms with Gasteiger partial charge in [0.15, 0.2) is 5.75 Å². The molecule has 0 spiro atoms. The maximum absolute atomic E-state index is 12.5. The second-order valence-electron chi connectivity index (χ2n) is 2.37. The van der Waals surface area contributed by atoms with E-state index in [0.717, 1.165) is 6.07 Å². The molecule has 0 aliphatic heterocycles. The molecular weight excluding hydrogens is 204 g/mol. The highest BCUT2D eigenvalue weighted by atomic mass is 19.4. The van der Waals surface area contributed by atoms with Crippen LogP contribution in [0, 0.1) is 5.95 Å². The van der Waals surface area contributed by atoms with Gasteiger partial charge < -0.3 is 10.5 Å². The van der Waals surface area contributed by atoms with Crippen molar-refractivity contribution in [3.05, 3.63) is 23.8 Å². The van der Waals surface area contributed by atoms with Crippen LogP contribution in [0.5, 0.6) is 5.75 Å². The molecule has 0 aromatic carbocycles. The van der Waals surface area contributed by atoms with E-state index >= 15 is 0 Å². The Morgan fingerprint density at radius 3 is 2.57 bits per heavy atom. The summed E-state index contributed by atoms with van der Waals surface area (Å²) in [5.41, 5.74) is 5.01. The summed E-state index contributed by atoms with van der Waals surface area (Å²) in [5, 5.41) is 0. The number of rotatable bonds is 2. The summed E-state index contributed by atoms with van der Waals surface area (Å²) >= 11 is 0. The van der Waals surface area contributed by atoms with Gasteiger partial charge in [-0.15, -0.1) is 13.2 Å². The van der Waals surface area contributed by atoms with E-state index in [4.69, 9.17) is 5.73 Å². The van der Waals surface area contributed by atoms with Crippen molar-refractivity contribution in [2.75, 3.05) is 0 Å². The van der Waals surface area contributed by atoms with Crippen LogP contribution < -0.4 is 10.5 Å². The largest absolute Gasteiger partial charge is 0.573 e. The van der Waals surface area contributed by atoms with Crippen LogP contribution in [0.25, 0.3) is 0 Å². The number of nitrogens with two attached hydrogens (primary N) is 1. The third-order valence-electron chi connectivity index (χ3n) is 1.36. The first-order chi connectivity index (χ1) is 6.42. The number of hydrogen-bond acceptors (Lipinski definition) is 3. The van der Waals surface area contributed by atoms with Crippen molar-refractivity contribution in [2.45, 2.75) is 12.9 Å². The lowest BCUT2D eigenvalue weighted by Gasteiger charge is -2.11. The van der Waals surface area contributed by atoms with Crippen molar-refractivity contribution in [3.63, 3.8) is 0 Å². The Bertz CT molecular complexity index is 326. The molecule has 0 atom stereocenters. The number of nitrogens with zero attached hydrogens (tertiary/aromatic N) is 1. The van der Waals surface area contributed by atoms with Gasteiger partial charge in [0.2, 0.25) is 5.95 Å². The maximum atomic E-state index is 12.5. The van der Waals surface area contributed by atoms with E-state index in [-0.39, 0.29) is 12.1 Å². The molecule has 0 aliphatic rings. The lowest BCUT2D eigenvalue weighted by atomic mass is 10.2. The SMILES string of the molecule is NCc1cc(F)ncc1OC(F)(F)F. The average Bonchev–Trinajstić information content (AvgIpc) is 2.06. The molecule has 0 unspecified atom stereocenters. The van der Waals surface area contributed by atoms with Crippen LogP contribution in [0.15, 0.2) is 12.3 Å². The summed E-state index contributed by atoms with van der Waals surface area (Å²) in [6.07, 6.45) is -4.19. The molecule has 0 radical (unpaired) electrons. The maximum Gasteiger partial charge on any atom is 0.573 e. The summed E-state index contributed by atoms with van der Waals surface area (Å²) < 4.78 is 51.4. The molecule has 1 aromatic heterocycles. The van der Waals surface area contributed by atoms with Crippen LogP contribution >= 0.6 is 0 Å². The van der Waals surface area contributed by atoms with Crippen molar-refractivity contribution in [2.24, 2.45) is 5.73 Å². The van der Waals surface area contributed by atoms with Crippen molar-refractivity contribution < 1.29 is 22.3 Å². The third-order valence-corrected chi connectivity index (χ3v) is 1.36. The second-order valence-corrected chi connectivity index (χ2v) is 2.37. The van der Waals surface area contributed by atoms with Gasteiger partial charge in [-0.2, -0.15) is 4.39 Å². The third kappa shape index (κ3) is 2.84. The van der Waals surface area contributed by atoms with Gasteiger partial charge >= 0.3 is 6.36 Å². The zero-order chi connectivity index (χ0) is 10.8. The summed E-state index contributed by atoms with van der Waals surface area (Å²) in [5.74, 6) is -1.48. The van der Waals surface area contributed by atoms with Crippen LogP contribution in [0.1, 0.15) is 5.56 Å². The summed E-state index contributed by atoms with van der Waals surface area (Å²) in [7, 11) is 0. The highest BCUT2D eigenvalue weighted by molar-refractivity contribution is 5.30. The normalized spacial score (nSPS) is 11.5. The highest BCUT2D eigenvalue weighted by Gasteiger charge is 2.32. The molecule has 0 saturated heterocycles. The van der Waals surface area contributed by atoms with Crippen molar-refractivity contribution in [1.82, 2.24) is 4.98 Å². The number of ether oxygens (including phenoxy) is 1. The van der Waals surface area contributed by atoms with Crippen LogP contribution in [-0.2, 0) is 6.54 Å². The van der Waals surface area contributed by atoms with E-state index in [2.05, 4.69) is 9.72 Å².